The Bertz CT molecular complexity index is 962. The Balaban J connectivity index is 1.37. The van der Waals surface area contributed by atoms with Gasteiger partial charge in [-0.2, -0.15) is 0 Å². The quantitative estimate of drug-likeness (QED) is 0.784. The maximum absolute atomic E-state index is 12.7. The first-order valence-corrected chi connectivity index (χ1v) is 10.1. The number of carbonyl (C=O) groups excluding carboxylic acids is 1. The minimum absolute atomic E-state index is 0.0445. The number of fused-ring (bicyclic) bond motifs is 1. The van der Waals surface area contributed by atoms with E-state index in [-0.39, 0.29) is 24.4 Å². The van der Waals surface area contributed by atoms with Gasteiger partial charge in [0.1, 0.15) is 11.7 Å². The average molecular weight is 401 g/mol. The first kappa shape index (κ1) is 20.0. The Labute approximate surface area is 168 Å². The first-order valence-electron chi connectivity index (χ1n) is 10.1. The molecule has 0 radical (unpaired) electrons. The molecule has 1 amide bonds. The van der Waals surface area contributed by atoms with Crippen LogP contribution in [0, 0.1) is 0 Å². The number of rotatable bonds is 3. The molecule has 2 aliphatic rings. The summed E-state index contributed by atoms with van der Waals surface area (Å²) in [7, 11) is 0. The lowest BCUT2D eigenvalue weighted by Crippen LogP contribution is -2.64. The van der Waals surface area contributed by atoms with Crippen LogP contribution in [0.3, 0.4) is 0 Å². The Kier molecular flexibility index (Phi) is 5.18. The first-order chi connectivity index (χ1) is 13.8. The smallest absolute Gasteiger partial charge is 0.261 e. The van der Waals surface area contributed by atoms with E-state index in [2.05, 4.69) is 4.98 Å². The van der Waals surface area contributed by atoms with E-state index in [0.29, 0.717) is 49.9 Å². The predicted octanol–water partition coefficient (Wildman–Crippen LogP) is 0.680. The van der Waals surface area contributed by atoms with Gasteiger partial charge in [0.25, 0.3) is 5.56 Å². The number of amides is 1. The second-order valence-electron chi connectivity index (χ2n) is 8.31. The minimum atomic E-state index is -1.17. The van der Waals surface area contributed by atoms with Crippen molar-refractivity contribution in [2.45, 2.75) is 56.5 Å². The Hall–Kier alpha value is -2.29. The van der Waals surface area contributed by atoms with Crippen molar-refractivity contribution >= 4 is 16.8 Å². The van der Waals surface area contributed by atoms with Crippen molar-refractivity contribution < 1.29 is 19.7 Å². The van der Waals surface area contributed by atoms with Crippen LogP contribution in [-0.4, -0.2) is 67.6 Å². The maximum Gasteiger partial charge on any atom is 0.261 e. The zero-order valence-electron chi connectivity index (χ0n) is 16.6. The third-order valence-corrected chi connectivity index (χ3v) is 6.35. The summed E-state index contributed by atoms with van der Waals surface area (Å²) in [5.74, 6) is -0.0445. The third kappa shape index (κ3) is 3.68. The number of hydrogen-bond donors (Lipinski definition) is 2. The van der Waals surface area contributed by atoms with Crippen LogP contribution in [0.2, 0.25) is 0 Å². The Morgan fingerprint density at radius 2 is 2.00 bits per heavy atom. The van der Waals surface area contributed by atoms with Gasteiger partial charge in [-0.3, -0.25) is 14.2 Å². The SMILES string of the molecule is C[C@@]1(O)CCOC2(CCN(C(=O)CCn3cnc4ccccc4c3=O)CC2)[C@H]1O. The van der Waals surface area contributed by atoms with Gasteiger partial charge in [0.05, 0.1) is 29.4 Å². The van der Waals surface area contributed by atoms with E-state index in [1.165, 1.54) is 10.9 Å². The fourth-order valence-electron chi connectivity index (χ4n) is 4.44. The van der Waals surface area contributed by atoms with Crippen molar-refractivity contribution in [2.75, 3.05) is 19.7 Å². The lowest BCUT2D eigenvalue weighted by molar-refractivity contribution is -0.245. The number of hydrogen-bond acceptors (Lipinski definition) is 6. The summed E-state index contributed by atoms with van der Waals surface area (Å²) in [5.41, 5.74) is -1.47. The normalized spacial score (nSPS) is 26.7. The molecule has 8 nitrogen and oxygen atoms in total. The number of benzene rings is 1. The average Bonchev–Trinajstić information content (AvgIpc) is 2.72. The molecule has 2 aliphatic heterocycles. The molecule has 4 rings (SSSR count). The standard InChI is InChI=1S/C21H27N3O5/c1-20(28)9-13-29-21(19(20)27)7-11-23(12-8-21)17(25)6-10-24-14-22-16-5-3-2-4-15(16)18(24)26/h2-5,14,19,27-28H,6-13H2,1H3/t19-,20+/m0/s1. The summed E-state index contributed by atoms with van der Waals surface area (Å²) in [6, 6.07) is 7.15. The number of carbonyl (C=O) groups is 1. The molecule has 0 saturated carbocycles. The number of aliphatic hydroxyl groups is 2. The van der Waals surface area contributed by atoms with Gasteiger partial charge in [-0.1, -0.05) is 12.1 Å². The molecule has 3 heterocycles. The molecule has 2 aromatic rings. The summed E-state index contributed by atoms with van der Waals surface area (Å²) in [6.45, 7) is 3.21. The van der Waals surface area contributed by atoms with Crippen LogP contribution in [-0.2, 0) is 16.1 Å². The van der Waals surface area contributed by atoms with Crippen molar-refractivity contribution in [2.24, 2.45) is 0 Å². The molecule has 2 atom stereocenters. The molecule has 1 aromatic carbocycles. The van der Waals surface area contributed by atoms with Gasteiger partial charge in [-0.05, 0) is 31.9 Å². The van der Waals surface area contributed by atoms with Crippen LogP contribution in [0.1, 0.15) is 32.6 Å². The molecule has 8 heteroatoms. The van der Waals surface area contributed by atoms with Crippen molar-refractivity contribution in [3.8, 4) is 0 Å². The highest BCUT2D eigenvalue weighted by Gasteiger charge is 2.52. The fraction of sp³-hybridized carbons (Fsp3) is 0.571. The van der Waals surface area contributed by atoms with Crippen LogP contribution in [0.4, 0.5) is 0 Å². The molecule has 2 fully saturated rings. The van der Waals surface area contributed by atoms with E-state index in [4.69, 9.17) is 4.74 Å². The highest BCUT2D eigenvalue weighted by Crippen LogP contribution is 2.39. The van der Waals surface area contributed by atoms with E-state index in [0.717, 1.165) is 0 Å². The van der Waals surface area contributed by atoms with E-state index in [1.54, 1.807) is 30.0 Å². The summed E-state index contributed by atoms with van der Waals surface area (Å²) in [4.78, 5) is 31.2. The molecule has 29 heavy (non-hydrogen) atoms. The molecular weight excluding hydrogens is 374 g/mol. The number of nitrogens with zero attached hydrogens (tertiary/aromatic N) is 3. The highest BCUT2D eigenvalue weighted by molar-refractivity contribution is 5.77. The van der Waals surface area contributed by atoms with Gasteiger partial charge in [-0.15, -0.1) is 0 Å². The lowest BCUT2D eigenvalue weighted by atomic mass is 9.75. The summed E-state index contributed by atoms with van der Waals surface area (Å²) in [6.07, 6.45) is 2.07. The summed E-state index contributed by atoms with van der Waals surface area (Å²) < 4.78 is 7.34. The molecule has 0 unspecified atom stereocenters. The van der Waals surface area contributed by atoms with Gasteiger partial charge in [0.15, 0.2) is 0 Å². The lowest BCUT2D eigenvalue weighted by Gasteiger charge is -2.51. The van der Waals surface area contributed by atoms with Gasteiger partial charge >= 0.3 is 0 Å². The molecular formula is C21H27N3O5. The molecule has 156 valence electrons. The minimum Gasteiger partial charge on any atom is -0.387 e. The zero-order chi connectivity index (χ0) is 20.6. The molecule has 1 spiro atoms. The van der Waals surface area contributed by atoms with Crippen LogP contribution >= 0.6 is 0 Å². The predicted molar refractivity (Wildman–Crippen MR) is 106 cm³/mol. The number of likely N-dealkylation sites (tertiary alicyclic amines) is 1. The van der Waals surface area contributed by atoms with E-state index < -0.39 is 17.3 Å². The highest BCUT2D eigenvalue weighted by atomic mass is 16.5. The van der Waals surface area contributed by atoms with Gasteiger partial charge in [0, 0.05) is 32.5 Å². The Morgan fingerprint density at radius 3 is 2.76 bits per heavy atom. The van der Waals surface area contributed by atoms with Crippen molar-refractivity contribution in [3.63, 3.8) is 0 Å². The third-order valence-electron chi connectivity index (χ3n) is 6.35. The number of aromatic nitrogens is 2. The van der Waals surface area contributed by atoms with Crippen LogP contribution in [0.25, 0.3) is 10.9 Å². The molecule has 2 saturated heterocycles. The molecule has 1 aromatic heterocycles. The van der Waals surface area contributed by atoms with Crippen LogP contribution in [0.5, 0.6) is 0 Å². The zero-order valence-corrected chi connectivity index (χ0v) is 16.6. The van der Waals surface area contributed by atoms with Crippen molar-refractivity contribution in [1.29, 1.82) is 0 Å². The number of piperidine rings is 1. The number of aryl methyl sites for hydroxylation is 1. The monoisotopic (exact) mass is 401 g/mol. The fourth-order valence-corrected chi connectivity index (χ4v) is 4.44. The van der Waals surface area contributed by atoms with Crippen LogP contribution in [0.15, 0.2) is 35.4 Å². The summed E-state index contributed by atoms with van der Waals surface area (Å²) in [5, 5.41) is 21.5. The van der Waals surface area contributed by atoms with Gasteiger partial charge < -0.3 is 19.8 Å². The number of ether oxygens (including phenoxy) is 1. The summed E-state index contributed by atoms with van der Waals surface area (Å²) >= 11 is 0. The van der Waals surface area contributed by atoms with Gasteiger partial charge in [0.2, 0.25) is 5.91 Å². The second kappa shape index (κ2) is 7.51. The second-order valence-corrected chi connectivity index (χ2v) is 8.31. The largest absolute Gasteiger partial charge is 0.387 e. The maximum atomic E-state index is 12.7. The number of aliphatic hydroxyl groups excluding tert-OH is 1. The molecule has 2 N–H and O–H groups in total. The molecule has 0 aliphatic carbocycles. The van der Waals surface area contributed by atoms with Crippen molar-refractivity contribution in [3.05, 3.63) is 40.9 Å². The van der Waals surface area contributed by atoms with Crippen LogP contribution < -0.4 is 5.56 Å². The molecule has 0 bridgehead atoms. The van der Waals surface area contributed by atoms with Crippen molar-refractivity contribution in [1.82, 2.24) is 14.5 Å². The van der Waals surface area contributed by atoms with E-state index in [1.807, 2.05) is 6.07 Å². The van der Waals surface area contributed by atoms with E-state index >= 15 is 0 Å². The topological polar surface area (TPSA) is 105 Å². The Morgan fingerprint density at radius 1 is 1.28 bits per heavy atom. The van der Waals surface area contributed by atoms with E-state index in [9.17, 15) is 19.8 Å². The number of para-hydroxylation sites is 1. The van der Waals surface area contributed by atoms with Gasteiger partial charge in [-0.25, -0.2) is 4.98 Å².